The van der Waals surface area contributed by atoms with Gasteiger partial charge in [-0.1, -0.05) is 35.3 Å². The minimum absolute atomic E-state index is 0.0223. The Morgan fingerprint density at radius 2 is 1.58 bits per heavy atom. The molecular formula is C22H17Cl2N3O6. The quantitative estimate of drug-likeness (QED) is 0.521. The van der Waals surface area contributed by atoms with Crippen molar-refractivity contribution in [1.82, 2.24) is 4.90 Å². The summed E-state index contributed by atoms with van der Waals surface area (Å²) in [6.45, 7) is 2.42. The lowest BCUT2D eigenvalue weighted by Gasteiger charge is -2.31. The number of rotatable bonds is 4. The summed E-state index contributed by atoms with van der Waals surface area (Å²) in [5, 5.41) is 2.86. The molecule has 0 fully saturated rings. The van der Waals surface area contributed by atoms with Gasteiger partial charge in [0.05, 0.1) is 32.5 Å². The molecule has 170 valence electrons. The molecule has 2 aliphatic heterocycles. The first-order valence-electron chi connectivity index (χ1n) is 9.87. The van der Waals surface area contributed by atoms with Crippen LogP contribution < -0.4 is 10.2 Å². The molecule has 2 aromatic carbocycles. The fraction of sp³-hybridized carbons (Fsp3) is 0.227. The molecule has 9 nitrogen and oxygen atoms in total. The molecule has 4 amide bonds. The van der Waals surface area contributed by atoms with E-state index in [0.717, 1.165) is 4.90 Å². The van der Waals surface area contributed by atoms with Crippen LogP contribution in [-0.4, -0.2) is 53.2 Å². The molecule has 11 heteroatoms. The zero-order valence-electron chi connectivity index (χ0n) is 17.4. The standard InChI is InChI=1S/C22H17Cl2N3O6/c1-10(27-20(30)12-7-14(23)15(24)8-13(12)21(27)31)22(32)33-11(2)19(29)26-9-18(28)25-16-5-3-4-6-17(16)26/h3-8,10-11H,9H2,1-2H3,(H,25,28)/t10-,11-/m0/s1. The summed E-state index contributed by atoms with van der Waals surface area (Å²) in [5.74, 6) is -3.43. The van der Waals surface area contributed by atoms with Gasteiger partial charge in [0.25, 0.3) is 17.7 Å². The third kappa shape index (κ3) is 3.94. The Balaban J connectivity index is 1.49. The highest BCUT2D eigenvalue weighted by Gasteiger charge is 2.43. The highest BCUT2D eigenvalue weighted by molar-refractivity contribution is 6.43. The number of fused-ring (bicyclic) bond motifs is 2. The number of nitrogens with one attached hydrogen (secondary N) is 1. The van der Waals surface area contributed by atoms with E-state index in [2.05, 4.69) is 5.32 Å². The summed E-state index contributed by atoms with van der Waals surface area (Å²) in [6.07, 6.45) is -1.28. The predicted octanol–water partition coefficient (Wildman–Crippen LogP) is 2.89. The molecule has 0 aliphatic carbocycles. The van der Waals surface area contributed by atoms with E-state index >= 15 is 0 Å². The first kappa shape index (κ1) is 22.8. The molecule has 0 saturated heterocycles. The number of ether oxygens (including phenoxy) is 1. The van der Waals surface area contributed by atoms with Gasteiger partial charge >= 0.3 is 5.97 Å². The fourth-order valence-corrected chi connectivity index (χ4v) is 4.01. The number of imide groups is 1. The van der Waals surface area contributed by atoms with Crippen molar-refractivity contribution in [3.05, 3.63) is 57.6 Å². The van der Waals surface area contributed by atoms with Gasteiger partial charge in [-0.05, 0) is 38.1 Å². The Labute approximate surface area is 198 Å². The van der Waals surface area contributed by atoms with Crippen molar-refractivity contribution in [3.63, 3.8) is 0 Å². The third-order valence-electron chi connectivity index (χ3n) is 5.36. The number of amides is 4. The molecule has 2 atom stereocenters. The lowest BCUT2D eigenvalue weighted by atomic mass is 10.1. The van der Waals surface area contributed by atoms with E-state index in [4.69, 9.17) is 27.9 Å². The number of hydrogen-bond donors (Lipinski definition) is 1. The number of benzene rings is 2. The van der Waals surface area contributed by atoms with Crippen molar-refractivity contribution >= 4 is 64.2 Å². The Kier molecular flexibility index (Phi) is 5.85. The van der Waals surface area contributed by atoms with Gasteiger partial charge in [-0.2, -0.15) is 0 Å². The van der Waals surface area contributed by atoms with Gasteiger partial charge in [-0.3, -0.25) is 29.0 Å². The molecule has 2 aliphatic rings. The predicted molar refractivity (Wildman–Crippen MR) is 119 cm³/mol. The van der Waals surface area contributed by atoms with Crippen LogP contribution in [-0.2, 0) is 19.1 Å². The van der Waals surface area contributed by atoms with Gasteiger partial charge in [0.15, 0.2) is 6.10 Å². The highest BCUT2D eigenvalue weighted by Crippen LogP contribution is 2.33. The third-order valence-corrected chi connectivity index (χ3v) is 6.09. The average molecular weight is 490 g/mol. The van der Waals surface area contributed by atoms with Crippen molar-refractivity contribution in [2.45, 2.75) is 26.0 Å². The van der Waals surface area contributed by atoms with Crippen LogP contribution in [0.3, 0.4) is 0 Å². The molecule has 0 bridgehead atoms. The van der Waals surface area contributed by atoms with E-state index in [1.807, 2.05) is 0 Å². The molecule has 2 heterocycles. The summed E-state index contributed by atoms with van der Waals surface area (Å²) in [4.78, 5) is 65.1. The summed E-state index contributed by atoms with van der Waals surface area (Å²) in [6, 6.07) is 7.93. The Hall–Kier alpha value is -3.43. The van der Waals surface area contributed by atoms with Gasteiger partial charge in [-0.15, -0.1) is 0 Å². The number of hydrogen-bond acceptors (Lipinski definition) is 6. The lowest BCUT2D eigenvalue weighted by molar-refractivity contribution is -0.157. The monoisotopic (exact) mass is 489 g/mol. The fourth-order valence-electron chi connectivity index (χ4n) is 3.68. The van der Waals surface area contributed by atoms with Crippen molar-refractivity contribution in [3.8, 4) is 0 Å². The zero-order chi connectivity index (χ0) is 24.0. The molecule has 0 saturated carbocycles. The van der Waals surface area contributed by atoms with Gasteiger partial charge in [0, 0.05) is 0 Å². The topological polar surface area (TPSA) is 113 Å². The van der Waals surface area contributed by atoms with Crippen molar-refractivity contribution in [2.24, 2.45) is 0 Å². The summed E-state index contributed by atoms with van der Waals surface area (Å²) >= 11 is 11.9. The van der Waals surface area contributed by atoms with Crippen LogP contribution >= 0.6 is 23.2 Å². The highest BCUT2D eigenvalue weighted by atomic mass is 35.5. The van der Waals surface area contributed by atoms with Crippen molar-refractivity contribution in [2.75, 3.05) is 16.8 Å². The molecule has 1 N–H and O–H groups in total. The number of carbonyl (C=O) groups is 5. The van der Waals surface area contributed by atoms with Crippen LogP contribution in [0.5, 0.6) is 0 Å². The van der Waals surface area contributed by atoms with E-state index in [1.54, 1.807) is 24.3 Å². The Bertz CT molecular complexity index is 1190. The summed E-state index contributed by atoms with van der Waals surface area (Å²) in [5.41, 5.74) is 0.965. The Morgan fingerprint density at radius 3 is 2.18 bits per heavy atom. The maximum atomic E-state index is 13.0. The number of anilines is 2. The van der Waals surface area contributed by atoms with E-state index in [0.29, 0.717) is 11.4 Å². The zero-order valence-corrected chi connectivity index (χ0v) is 18.9. The summed E-state index contributed by atoms with van der Waals surface area (Å²) < 4.78 is 5.27. The van der Waals surface area contributed by atoms with Gasteiger partial charge in [0.2, 0.25) is 5.91 Å². The van der Waals surface area contributed by atoms with E-state index in [1.165, 1.54) is 30.9 Å². The number of esters is 1. The van der Waals surface area contributed by atoms with Gasteiger partial charge < -0.3 is 10.1 Å². The van der Waals surface area contributed by atoms with E-state index in [-0.39, 0.29) is 27.7 Å². The molecule has 0 radical (unpaired) electrons. The number of para-hydroxylation sites is 2. The second kappa shape index (κ2) is 8.49. The molecule has 4 rings (SSSR count). The van der Waals surface area contributed by atoms with Gasteiger partial charge in [0.1, 0.15) is 12.6 Å². The van der Waals surface area contributed by atoms with Crippen LogP contribution in [0.1, 0.15) is 34.6 Å². The number of carbonyl (C=O) groups excluding carboxylic acids is 5. The largest absolute Gasteiger partial charge is 0.451 e. The van der Waals surface area contributed by atoms with E-state index < -0.39 is 41.7 Å². The maximum absolute atomic E-state index is 13.0. The first-order chi connectivity index (χ1) is 15.6. The van der Waals surface area contributed by atoms with Crippen LogP contribution in [0.4, 0.5) is 11.4 Å². The van der Waals surface area contributed by atoms with Crippen molar-refractivity contribution in [1.29, 1.82) is 0 Å². The van der Waals surface area contributed by atoms with Gasteiger partial charge in [-0.25, -0.2) is 4.79 Å². The minimum atomic E-state index is -1.32. The SMILES string of the molecule is C[C@H](OC(=O)[C@H](C)N1C(=O)c2cc(Cl)c(Cl)cc2C1=O)C(=O)N1CC(=O)Nc2ccccc21. The second-order valence-electron chi connectivity index (χ2n) is 7.54. The van der Waals surface area contributed by atoms with E-state index in [9.17, 15) is 24.0 Å². The molecular weight excluding hydrogens is 473 g/mol. The lowest BCUT2D eigenvalue weighted by Crippen LogP contribution is -2.49. The molecule has 0 aromatic heterocycles. The normalized spacial score (nSPS) is 16.7. The summed E-state index contributed by atoms with van der Waals surface area (Å²) in [7, 11) is 0. The second-order valence-corrected chi connectivity index (χ2v) is 8.35. The number of nitrogens with zero attached hydrogens (tertiary/aromatic N) is 2. The van der Waals surface area contributed by atoms with Crippen molar-refractivity contribution < 1.29 is 28.7 Å². The molecule has 33 heavy (non-hydrogen) atoms. The van der Waals surface area contributed by atoms with Crippen LogP contribution in [0.25, 0.3) is 0 Å². The molecule has 2 aromatic rings. The minimum Gasteiger partial charge on any atom is -0.451 e. The molecule has 0 spiro atoms. The average Bonchev–Trinajstić information content (AvgIpc) is 3.01. The number of halogens is 2. The Morgan fingerprint density at radius 1 is 1.00 bits per heavy atom. The van der Waals surface area contributed by atoms with Crippen LogP contribution in [0.2, 0.25) is 10.0 Å². The smallest absolute Gasteiger partial charge is 0.329 e. The van der Waals surface area contributed by atoms with Crippen LogP contribution in [0, 0.1) is 0 Å². The van der Waals surface area contributed by atoms with Crippen LogP contribution in [0.15, 0.2) is 36.4 Å². The molecule has 0 unspecified atom stereocenters. The maximum Gasteiger partial charge on any atom is 0.329 e. The first-order valence-corrected chi connectivity index (χ1v) is 10.6.